The number of hydrogen-bond donors (Lipinski definition) is 0. The summed E-state index contributed by atoms with van der Waals surface area (Å²) in [5.41, 5.74) is 2.67. The molecule has 0 aliphatic carbocycles. The number of nitrogens with zero attached hydrogens (tertiary/aromatic N) is 2. The second kappa shape index (κ2) is 3.27. The van der Waals surface area contributed by atoms with Gasteiger partial charge in [-0.1, -0.05) is 6.08 Å². The van der Waals surface area contributed by atoms with E-state index in [4.69, 9.17) is 0 Å². The molecule has 0 bridgehead atoms. The monoisotopic (exact) mass is 152 g/mol. The van der Waals surface area contributed by atoms with Crippen LogP contribution in [0.5, 0.6) is 0 Å². The van der Waals surface area contributed by atoms with Crippen molar-refractivity contribution >= 4 is 29.1 Å². The SMILES string of the molecule is C=Nc1scnc1C=CC. The van der Waals surface area contributed by atoms with E-state index in [-0.39, 0.29) is 0 Å². The summed E-state index contributed by atoms with van der Waals surface area (Å²) in [7, 11) is 0. The summed E-state index contributed by atoms with van der Waals surface area (Å²) >= 11 is 1.50. The van der Waals surface area contributed by atoms with Gasteiger partial charge in [0.15, 0.2) is 0 Å². The summed E-state index contributed by atoms with van der Waals surface area (Å²) in [6.07, 6.45) is 3.85. The fourth-order valence-corrected chi connectivity index (χ4v) is 1.22. The number of aliphatic imine (C=N–C) groups is 1. The minimum Gasteiger partial charge on any atom is -0.251 e. The van der Waals surface area contributed by atoms with Gasteiger partial charge in [0.2, 0.25) is 0 Å². The molecule has 1 rings (SSSR count). The fourth-order valence-electron chi connectivity index (χ4n) is 0.639. The lowest BCUT2D eigenvalue weighted by atomic mass is 10.4. The van der Waals surface area contributed by atoms with Gasteiger partial charge in [-0.3, -0.25) is 4.99 Å². The summed E-state index contributed by atoms with van der Waals surface area (Å²) in [6.45, 7) is 5.38. The van der Waals surface area contributed by atoms with Crippen LogP contribution in [0, 0.1) is 0 Å². The molecule has 0 saturated carbocycles. The van der Waals surface area contributed by atoms with E-state index >= 15 is 0 Å². The summed E-state index contributed by atoms with van der Waals surface area (Å²) in [6, 6.07) is 0. The van der Waals surface area contributed by atoms with Crippen LogP contribution in [0.25, 0.3) is 6.08 Å². The second-order valence-corrected chi connectivity index (χ2v) is 2.53. The van der Waals surface area contributed by atoms with Gasteiger partial charge in [-0.05, 0) is 19.7 Å². The first-order valence-corrected chi connectivity index (χ1v) is 3.79. The summed E-state index contributed by atoms with van der Waals surface area (Å²) in [5.74, 6) is 0. The molecule has 0 saturated heterocycles. The largest absolute Gasteiger partial charge is 0.251 e. The van der Waals surface area contributed by atoms with E-state index in [0.29, 0.717) is 0 Å². The first-order chi connectivity index (χ1) is 4.88. The van der Waals surface area contributed by atoms with Gasteiger partial charge in [0.1, 0.15) is 5.00 Å². The minimum absolute atomic E-state index is 0.887. The Bertz CT molecular complexity index is 250. The van der Waals surface area contributed by atoms with Crippen molar-refractivity contribution in [2.24, 2.45) is 4.99 Å². The Hall–Kier alpha value is -0.960. The van der Waals surface area contributed by atoms with Crippen molar-refractivity contribution in [3.05, 3.63) is 17.3 Å². The Morgan fingerprint density at radius 3 is 3.20 bits per heavy atom. The zero-order valence-electron chi connectivity index (χ0n) is 5.74. The van der Waals surface area contributed by atoms with Crippen LogP contribution in [0.4, 0.5) is 5.00 Å². The lowest BCUT2D eigenvalue weighted by molar-refractivity contribution is 1.37. The van der Waals surface area contributed by atoms with E-state index in [1.54, 1.807) is 5.51 Å². The lowest BCUT2D eigenvalue weighted by Crippen LogP contribution is -1.67. The predicted molar refractivity (Wildman–Crippen MR) is 46.0 cm³/mol. The smallest absolute Gasteiger partial charge is 0.142 e. The van der Waals surface area contributed by atoms with Crippen molar-refractivity contribution in [1.82, 2.24) is 4.98 Å². The van der Waals surface area contributed by atoms with E-state index in [2.05, 4.69) is 16.7 Å². The van der Waals surface area contributed by atoms with Gasteiger partial charge in [0.05, 0.1) is 11.2 Å². The van der Waals surface area contributed by atoms with Crippen LogP contribution >= 0.6 is 11.3 Å². The maximum Gasteiger partial charge on any atom is 0.142 e. The molecule has 3 heteroatoms. The standard InChI is InChI=1S/C7H8N2S/c1-3-4-6-7(8-2)10-5-9-6/h3-5H,2H2,1H3. The van der Waals surface area contributed by atoms with Crippen LogP contribution in [0.1, 0.15) is 12.6 Å². The molecule has 0 radical (unpaired) electrons. The molecular formula is C7H8N2S. The molecule has 0 spiro atoms. The normalized spacial score (nSPS) is 10.5. The van der Waals surface area contributed by atoms with Gasteiger partial charge in [0.25, 0.3) is 0 Å². The maximum absolute atomic E-state index is 4.07. The van der Waals surface area contributed by atoms with Crippen LogP contribution in [0.15, 0.2) is 16.6 Å². The first kappa shape index (κ1) is 7.15. The molecule has 0 fully saturated rings. The predicted octanol–water partition coefficient (Wildman–Crippen LogP) is 2.51. The average molecular weight is 152 g/mol. The van der Waals surface area contributed by atoms with Crippen LogP contribution in [0.3, 0.4) is 0 Å². The number of aromatic nitrogens is 1. The van der Waals surface area contributed by atoms with Crippen molar-refractivity contribution in [3.8, 4) is 0 Å². The van der Waals surface area contributed by atoms with Crippen LogP contribution in [0.2, 0.25) is 0 Å². The molecule has 0 aliphatic rings. The van der Waals surface area contributed by atoms with Crippen LogP contribution in [-0.2, 0) is 0 Å². The van der Waals surface area contributed by atoms with E-state index < -0.39 is 0 Å². The zero-order valence-corrected chi connectivity index (χ0v) is 6.56. The Balaban J connectivity index is 3.00. The average Bonchev–Trinajstić information content (AvgIpc) is 2.36. The molecule has 0 N–H and O–H groups in total. The Morgan fingerprint density at radius 1 is 1.80 bits per heavy atom. The molecule has 52 valence electrons. The van der Waals surface area contributed by atoms with Gasteiger partial charge in [-0.15, -0.1) is 11.3 Å². The molecule has 0 atom stereocenters. The van der Waals surface area contributed by atoms with E-state index in [1.165, 1.54) is 11.3 Å². The highest BCUT2D eigenvalue weighted by Crippen LogP contribution is 2.23. The third-order valence-corrected chi connectivity index (χ3v) is 1.82. The molecule has 0 unspecified atom stereocenters. The molecular weight excluding hydrogens is 144 g/mol. The maximum atomic E-state index is 4.07. The van der Waals surface area contributed by atoms with E-state index in [9.17, 15) is 0 Å². The highest BCUT2D eigenvalue weighted by molar-refractivity contribution is 7.13. The topological polar surface area (TPSA) is 25.2 Å². The molecule has 1 heterocycles. The van der Waals surface area contributed by atoms with Crippen LogP contribution in [-0.4, -0.2) is 11.7 Å². The Morgan fingerprint density at radius 2 is 2.60 bits per heavy atom. The van der Waals surface area contributed by atoms with Crippen molar-refractivity contribution in [3.63, 3.8) is 0 Å². The fraction of sp³-hybridized carbons (Fsp3) is 0.143. The molecule has 0 amide bonds. The molecule has 10 heavy (non-hydrogen) atoms. The Labute approximate surface area is 64.0 Å². The van der Waals surface area contributed by atoms with Gasteiger partial charge < -0.3 is 0 Å². The quantitative estimate of drug-likeness (QED) is 0.598. The van der Waals surface area contributed by atoms with Gasteiger partial charge in [-0.25, -0.2) is 4.98 Å². The van der Waals surface area contributed by atoms with Crippen LogP contribution < -0.4 is 0 Å². The van der Waals surface area contributed by atoms with Crippen molar-refractivity contribution in [1.29, 1.82) is 0 Å². The highest BCUT2D eigenvalue weighted by atomic mass is 32.1. The molecule has 0 aliphatic heterocycles. The molecule has 2 nitrogen and oxygen atoms in total. The first-order valence-electron chi connectivity index (χ1n) is 2.91. The Kier molecular flexibility index (Phi) is 2.34. The van der Waals surface area contributed by atoms with Crippen molar-refractivity contribution in [2.75, 3.05) is 0 Å². The summed E-state index contributed by atoms with van der Waals surface area (Å²) < 4.78 is 0. The number of rotatable bonds is 2. The van der Waals surface area contributed by atoms with E-state index in [0.717, 1.165) is 10.7 Å². The molecule has 0 aromatic carbocycles. The lowest BCUT2D eigenvalue weighted by Gasteiger charge is -1.84. The number of hydrogen-bond acceptors (Lipinski definition) is 3. The summed E-state index contributed by atoms with van der Waals surface area (Å²) in [5, 5.41) is 0.887. The number of allylic oxidation sites excluding steroid dienone is 1. The minimum atomic E-state index is 0.887. The van der Waals surface area contributed by atoms with Gasteiger partial charge in [0, 0.05) is 0 Å². The third-order valence-electron chi connectivity index (χ3n) is 1.04. The van der Waals surface area contributed by atoms with Crippen molar-refractivity contribution in [2.45, 2.75) is 6.92 Å². The van der Waals surface area contributed by atoms with Crippen molar-refractivity contribution < 1.29 is 0 Å². The summed E-state index contributed by atoms with van der Waals surface area (Å²) in [4.78, 5) is 7.88. The zero-order chi connectivity index (χ0) is 7.40. The number of thiazole rings is 1. The second-order valence-electron chi connectivity index (χ2n) is 1.70. The molecule has 1 aromatic heterocycles. The highest BCUT2D eigenvalue weighted by Gasteiger charge is 1.96. The van der Waals surface area contributed by atoms with Gasteiger partial charge >= 0.3 is 0 Å². The molecule has 1 aromatic rings. The van der Waals surface area contributed by atoms with Gasteiger partial charge in [-0.2, -0.15) is 0 Å². The third kappa shape index (κ3) is 1.30. The van der Waals surface area contributed by atoms with E-state index in [1.807, 2.05) is 19.1 Å².